The Labute approximate surface area is 307 Å². The Morgan fingerprint density at radius 2 is 0.510 bits per heavy atom. The zero-order chi connectivity index (χ0) is 34.2. The van der Waals surface area contributed by atoms with Gasteiger partial charge in [-0.05, 0) is 0 Å². The molecule has 6 rings (SSSR count). The van der Waals surface area contributed by atoms with Gasteiger partial charge in [0.1, 0.15) is 0 Å². The number of hydrogen-bond acceptors (Lipinski definition) is 1. The van der Waals surface area contributed by atoms with Gasteiger partial charge in [0.2, 0.25) is 0 Å². The molecule has 0 fully saturated rings. The van der Waals surface area contributed by atoms with Crippen molar-refractivity contribution in [3.05, 3.63) is 182 Å². The van der Waals surface area contributed by atoms with Crippen molar-refractivity contribution in [2.75, 3.05) is 18.5 Å². The summed E-state index contributed by atoms with van der Waals surface area (Å²) in [5, 5.41) is 8.99. The van der Waals surface area contributed by atoms with Gasteiger partial charge in [0.25, 0.3) is 6.79 Å². The molecule has 1 nitrogen and oxygen atoms in total. The predicted molar refractivity (Wildman–Crippen MR) is 218 cm³/mol. The summed E-state index contributed by atoms with van der Waals surface area (Å²) < 4.78 is 0. The first-order valence-electron chi connectivity index (χ1n) is 16.7. The van der Waals surface area contributed by atoms with E-state index >= 15 is 0 Å². The molecular formula is C43H42OP3RhSi. The molecule has 6 aromatic carbocycles. The van der Waals surface area contributed by atoms with Gasteiger partial charge in [-0.1, -0.05) is 0 Å². The molecule has 0 atom stereocenters. The van der Waals surface area contributed by atoms with Crippen LogP contribution in [0.1, 0.15) is 0 Å². The van der Waals surface area contributed by atoms with Gasteiger partial charge in [0, 0.05) is 0 Å². The third kappa shape index (κ3) is 11.1. The van der Waals surface area contributed by atoms with E-state index in [4.69, 9.17) is 4.79 Å². The van der Waals surface area contributed by atoms with Crippen LogP contribution in [-0.4, -0.2) is 31.6 Å². The van der Waals surface area contributed by atoms with Gasteiger partial charge >= 0.3 is 298 Å². The number of carbonyl (C=O) groups excluding carboxylic acids is 1. The zero-order valence-electron chi connectivity index (χ0n) is 27.6. The number of hydrogen-bond donors (Lipinski definition) is 0. The first kappa shape index (κ1) is 37.4. The van der Waals surface area contributed by atoms with Gasteiger partial charge in [0.05, 0.1) is 0 Å². The van der Waals surface area contributed by atoms with Crippen molar-refractivity contribution < 1.29 is 22.4 Å². The molecule has 0 aromatic heterocycles. The van der Waals surface area contributed by atoms with Crippen LogP contribution in [0.3, 0.4) is 0 Å². The molecule has 6 heteroatoms. The molecule has 0 amide bonds. The van der Waals surface area contributed by atoms with E-state index in [1.807, 2.05) is 0 Å². The fourth-order valence-electron chi connectivity index (χ4n) is 6.17. The van der Waals surface area contributed by atoms with Crippen LogP contribution >= 0.6 is 23.8 Å². The van der Waals surface area contributed by atoms with E-state index in [1.54, 1.807) is 0 Å². The molecular weight excluding hydrogens is 756 g/mol. The van der Waals surface area contributed by atoms with E-state index in [0.29, 0.717) is 0 Å². The Bertz CT molecular complexity index is 1440. The number of benzene rings is 6. The van der Waals surface area contributed by atoms with Crippen LogP contribution in [0.15, 0.2) is 182 Å². The van der Waals surface area contributed by atoms with Gasteiger partial charge in [0.15, 0.2) is 0 Å². The number of rotatable bonds is 15. The summed E-state index contributed by atoms with van der Waals surface area (Å²) in [7, 11) is -1.24. The zero-order valence-corrected chi connectivity index (χ0v) is 33.0. The molecule has 6 aromatic rings. The van der Waals surface area contributed by atoms with Gasteiger partial charge in [-0.3, -0.25) is 4.79 Å². The van der Waals surface area contributed by atoms with Crippen LogP contribution in [0.5, 0.6) is 0 Å². The third-order valence-electron chi connectivity index (χ3n) is 8.72. The Morgan fingerprint density at radius 3 is 0.673 bits per heavy atom. The maximum absolute atomic E-state index is 7.50. The van der Waals surface area contributed by atoms with Crippen molar-refractivity contribution in [3.8, 4) is 0 Å². The molecule has 248 valence electrons. The fourth-order valence-corrected chi connectivity index (χ4v) is 24.9. The minimum absolute atomic E-state index is 0.415. The summed E-state index contributed by atoms with van der Waals surface area (Å²) in [5.74, 6) is 0. The maximum atomic E-state index is 7.50. The summed E-state index contributed by atoms with van der Waals surface area (Å²) in [6, 6.07) is 71.8. The molecule has 0 aliphatic rings. The Morgan fingerprint density at radius 1 is 0.347 bits per heavy atom. The van der Waals surface area contributed by atoms with E-state index in [1.165, 1.54) is 68.4 Å². The minimum atomic E-state index is -1.80. The molecule has 0 aliphatic heterocycles. The summed E-state index contributed by atoms with van der Waals surface area (Å²) in [4.78, 5) is 7.50. The molecule has 0 aliphatic carbocycles. The molecule has 0 spiro atoms. The van der Waals surface area contributed by atoms with Crippen LogP contribution in [0.2, 0.25) is 18.1 Å². The monoisotopic (exact) mass is 798 g/mol. The average molecular weight is 799 g/mol. The topological polar surface area (TPSA) is 17.1 Å². The Balaban J connectivity index is 0.00000230. The predicted octanol–water partition coefficient (Wildman–Crippen LogP) is 8.48. The average Bonchev–Trinajstić information content (AvgIpc) is 3.18. The summed E-state index contributed by atoms with van der Waals surface area (Å²) in [6.45, 7) is 4.50. The molecule has 0 saturated carbocycles. The molecule has 0 heterocycles. The standard InChI is InChI=1S/C42H42P3Si.CO.Rh/c1-7-19-37(20-8-1)43(38-21-9-2-10-22-38)31-34-46(35-32-44(39-23-11-3-12-24-39)40-25-13-4-14-26-40)36-33-45(41-27-15-5-16-28-41)42-29-17-6-18-30-42;1-2;/h1-30H,31-36H2;;. The summed E-state index contributed by atoms with van der Waals surface area (Å²) in [5.41, 5.74) is 0. The molecule has 0 bridgehead atoms. The second-order valence-electron chi connectivity index (χ2n) is 11.8. The van der Waals surface area contributed by atoms with Crippen molar-refractivity contribution in [2.45, 2.75) is 18.1 Å². The van der Waals surface area contributed by atoms with Crippen LogP contribution in [0.4, 0.5) is 0 Å². The van der Waals surface area contributed by atoms with Gasteiger partial charge in [-0.25, -0.2) is 0 Å². The van der Waals surface area contributed by atoms with Crippen molar-refractivity contribution in [3.63, 3.8) is 0 Å². The van der Waals surface area contributed by atoms with Crippen LogP contribution in [0, 0.1) is 0 Å². The van der Waals surface area contributed by atoms with Crippen LogP contribution < -0.4 is 31.8 Å². The first-order chi connectivity index (χ1) is 24.2. The normalized spacial score (nSPS) is 11.4. The Kier molecular flexibility index (Phi) is 15.3. The molecule has 0 unspecified atom stereocenters. The van der Waals surface area contributed by atoms with E-state index < -0.39 is 30.1 Å². The van der Waals surface area contributed by atoms with Crippen molar-refractivity contribution in [1.29, 1.82) is 0 Å². The Hall–Kier alpha value is -2.88. The molecule has 2 radical (unpaired) electrons. The van der Waals surface area contributed by atoms with Crippen LogP contribution in [-0.2, 0) is 22.4 Å². The van der Waals surface area contributed by atoms with Gasteiger partial charge in [-0.15, -0.1) is 0 Å². The molecule has 0 N–H and O–H groups in total. The van der Waals surface area contributed by atoms with Crippen molar-refractivity contribution in [1.82, 2.24) is 0 Å². The second kappa shape index (κ2) is 20.1. The van der Waals surface area contributed by atoms with E-state index in [9.17, 15) is 0 Å². The quantitative estimate of drug-likeness (QED) is 0.0753. The van der Waals surface area contributed by atoms with Crippen LogP contribution in [0.25, 0.3) is 0 Å². The summed E-state index contributed by atoms with van der Waals surface area (Å²) in [6.07, 6.45) is 1.94. The fraction of sp³-hybridized carbons (Fsp3) is 0.140. The second-order valence-corrected chi connectivity index (χ2v) is 27.8. The van der Waals surface area contributed by atoms with E-state index in [0.717, 1.165) is 0 Å². The summed E-state index contributed by atoms with van der Waals surface area (Å²) >= 11 is 3.88. The van der Waals surface area contributed by atoms with Crippen molar-refractivity contribution in [2.24, 2.45) is 0 Å². The van der Waals surface area contributed by atoms with Crippen molar-refractivity contribution >= 4 is 68.7 Å². The van der Waals surface area contributed by atoms with Gasteiger partial charge < -0.3 is 0 Å². The van der Waals surface area contributed by atoms with E-state index in [-0.39, 0.29) is 0 Å². The molecule has 0 saturated heterocycles. The molecule has 49 heavy (non-hydrogen) atoms. The third-order valence-corrected chi connectivity index (χ3v) is 24.6. The van der Waals surface area contributed by atoms with Gasteiger partial charge in [-0.2, -0.15) is 0 Å². The van der Waals surface area contributed by atoms with E-state index in [2.05, 4.69) is 206 Å². The first-order valence-corrected chi connectivity index (χ1v) is 26.2. The SMILES string of the molecule is [C]=O.[Rh][Si](CCP(c1ccccc1)c1ccccc1)(CCP(c1ccccc1)c1ccccc1)CCP(c1ccccc1)c1ccccc1.